The minimum atomic E-state index is -0.449. The Hall–Kier alpha value is -0.880. The minimum Gasteiger partial charge on any atom is -0.394 e. The third kappa shape index (κ3) is 4.30. The monoisotopic (exact) mass is 366 g/mol. The molecule has 3 nitrogen and oxygen atoms in total. The molecule has 1 aromatic carbocycles. The number of hydrogen-bond donors (Lipinski definition) is 2. The van der Waals surface area contributed by atoms with E-state index in [2.05, 4.69) is 45.3 Å². The van der Waals surface area contributed by atoms with Gasteiger partial charge in [-0.3, -0.25) is 0 Å². The molecule has 2 rings (SSSR count). The Bertz CT molecular complexity index is 550. The van der Waals surface area contributed by atoms with Crippen molar-refractivity contribution in [2.45, 2.75) is 17.5 Å². The highest BCUT2D eigenvalue weighted by molar-refractivity contribution is 9.10. The average molecular weight is 367 g/mol. The van der Waals surface area contributed by atoms with Crippen molar-refractivity contribution in [1.29, 1.82) is 0 Å². The second-order valence-corrected chi connectivity index (χ2v) is 6.65. The molecule has 0 saturated carbocycles. The summed E-state index contributed by atoms with van der Waals surface area (Å²) in [5, 5.41) is 14.4. The maximum Gasteiger partial charge on any atom is 0.0961 e. The van der Waals surface area contributed by atoms with Crippen LogP contribution in [-0.2, 0) is 5.54 Å². The lowest BCUT2D eigenvalue weighted by Gasteiger charge is -2.33. The van der Waals surface area contributed by atoms with Gasteiger partial charge >= 0.3 is 0 Å². The molecule has 5 heteroatoms. The van der Waals surface area contributed by atoms with Crippen molar-refractivity contribution in [3.05, 3.63) is 58.7 Å². The third-order valence-corrected chi connectivity index (χ3v) is 4.92. The van der Waals surface area contributed by atoms with Gasteiger partial charge in [-0.15, -0.1) is 11.8 Å². The summed E-state index contributed by atoms with van der Waals surface area (Å²) in [5.74, 6) is 0.718. The number of rotatable bonds is 7. The van der Waals surface area contributed by atoms with Gasteiger partial charge in [0.25, 0.3) is 0 Å². The lowest BCUT2D eigenvalue weighted by atomic mass is 9.92. The Balaban J connectivity index is 2.18. The predicted molar refractivity (Wildman–Crippen MR) is 91.5 cm³/mol. The molecule has 2 aromatic rings. The molecule has 0 aliphatic carbocycles. The number of likely N-dealkylation sites (N-methyl/N-ethyl adjacent to an activating group) is 1. The lowest BCUT2D eigenvalue weighted by molar-refractivity contribution is 0.181. The van der Waals surface area contributed by atoms with Crippen LogP contribution in [0.5, 0.6) is 0 Å². The van der Waals surface area contributed by atoms with Crippen LogP contribution in [0, 0.1) is 0 Å². The SMILES string of the molecule is CCNC(CO)(CSc1ccc(Br)cn1)c1ccccc1. The fourth-order valence-corrected chi connectivity index (χ4v) is 3.45. The number of aromatic nitrogens is 1. The third-order valence-electron chi connectivity index (χ3n) is 3.28. The number of halogens is 1. The topological polar surface area (TPSA) is 45.1 Å². The van der Waals surface area contributed by atoms with Crippen LogP contribution in [0.3, 0.4) is 0 Å². The molecule has 1 heterocycles. The highest BCUT2D eigenvalue weighted by Crippen LogP contribution is 2.29. The molecule has 0 spiro atoms. The second kappa shape index (κ2) is 7.94. The zero-order chi connectivity index (χ0) is 15.1. The van der Waals surface area contributed by atoms with Gasteiger partial charge in [0.1, 0.15) is 0 Å². The van der Waals surface area contributed by atoms with Gasteiger partial charge in [-0.25, -0.2) is 4.98 Å². The summed E-state index contributed by atoms with van der Waals surface area (Å²) in [4.78, 5) is 4.38. The summed E-state index contributed by atoms with van der Waals surface area (Å²) in [6, 6.07) is 14.0. The van der Waals surface area contributed by atoms with E-state index in [0.29, 0.717) is 0 Å². The minimum absolute atomic E-state index is 0.0500. The number of thioether (sulfide) groups is 1. The number of hydrogen-bond acceptors (Lipinski definition) is 4. The Morgan fingerprint density at radius 1 is 1.24 bits per heavy atom. The van der Waals surface area contributed by atoms with Crippen LogP contribution in [0.1, 0.15) is 12.5 Å². The lowest BCUT2D eigenvalue weighted by Crippen LogP contribution is -2.47. The molecule has 0 bridgehead atoms. The van der Waals surface area contributed by atoms with E-state index in [0.717, 1.165) is 27.4 Å². The zero-order valence-corrected chi connectivity index (χ0v) is 14.3. The van der Waals surface area contributed by atoms with Crippen molar-refractivity contribution < 1.29 is 5.11 Å². The number of aliphatic hydroxyl groups excluding tert-OH is 1. The van der Waals surface area contributed by atoms with Crippen LogP contribution in [0.4, 0.5) is 0 Å². The molecule has 2 N–H and O–H groups in total. The Labute approximate surface area is 138 Å². The van der Waals surface area contributed by atoms with Gasteiger partial charge < -0.3 is 10.4 Å². The normalized spacial score (nSPS) is 13.9. The van der Waals surface area contributed by atoms with Crippen LogP contribution in [0.15, 0.2) is 58.2 Å². The van der Waals surface area contributed by atoms with Crippen molar-refractivity contribution in [3.63, 3.8) is 0 Å². The summed E-state index contributed by atoms with van der Waals surface area (Å²) in [6.45, 7) is 2.90. The number of aliphatic hydroxyl groups is 1. The van der Waals surface area contributed by atoms with Crippen molar-refractivity contribution in [2.75, 3.05) is 18.9 Å². The predicted octanol–water partition coefficient (Wildman–Crippen LogP) is 3.43. The van der Waals surface area contributed by atoms with Crippen LogP contribution >= 0.6 is 27.7 Å². The van der Waals surface area contributed by atoms with Gasteiger partial charge in [-0.1, -0.05) is 37.3 Å². The molecule has 112 valence electrons. The Morgan fingerprint density at radius 3 is 2.57 bits per heavy atom. The largest absolute Gasteiger partial charge is 0.394 e. The van der Waals surface area contributed by atoms with Crippen molar-refractivity contribution >= 4 is 27.7 Å². The van der Waals surface area contributed by atoms with Gasteiger partial charge in [-0.05, 0) is 40.2 Å². The fourth-order valence-electron chi connectivity index (χ4n) is 2.17. The Kier molecular flexibility index (Phi) is 6.23. The van der Waals surface area contributed by atoms with Crippen LogP contribution in [0.25, 0.3) is 0 Å². The molecule has 1 unspecified atom stereocenters. The van der Waals surface area contributed by atoms with Crippen LogP contribution < -0.4 is 5.32 Å². The van der Waals surface area contributed by atoms with Gasteiger partial charge in [0.2, 0.25) is 0 Å². The standard InChI is InChI=1S/C16H19BrN2OS/c1-2-19-16(11-20,13-6-4-3-5-7-13)12-21-15-9-8-14(17)10-18-15/h3-10,19-20H,2,11-12H2,1H3. The maximum absolute atomic E-state index is 9.98. The van der Waals surface area contributed by atoms with E-state index in [1.807, 2.05) is 30.3 Å². The molecular formula is C16H19BrN2OS. The molecule has 0 aliphatic rings. The quantitative estimate of drug-likeness (QED) is 0.736. The van der Waals surface area contributed by atoms with E-state index in [4.69, 9.17) is 0 Å². The van der Waals surface area contributed by atoms with Gasteiger partial charge in [0.05, 0.1) is 17.2 Å². The molecule has 0 radical (unpaired) electrons. The van der Waals surface area contributed by atoms with E-state index in [1.165, 1.54) is 0 Å². The van der Waals surface area contributed by atoms with E-state index in [9.17, 15) is 5.11 Å². The summed E-state index contributed by atoms with van der Waals surface area (Å²) in [7, 11) is 0. The average Bonchev–Trinajstić information content (AvgIpc) is 2.54. The molecule has 1 atom stereocenters. The first-order valence-electron chi connectivity index (χ1n) is 6.86. The highest BCUT2D eigenvalue weighted by Gasteiger charge is 2.30. The number of nitrogens with one attached hydrogen (secondary N) is 1. The van der Waals surface area contributed by atoms with Crippen molar-refractivity contribution in [1.82, 2.24) is 10.3 Å². The summed E-state index contributed by atoms with van der Waals surface area (Å²) < 4.78 is 0.968. The first kappa shape index (κ1) is 16.5. The number of benzene rings is 1. The van der Waals surface area contributed by atoms with E-state index >= 15 is 0 Å². The summed E-state index contributed by atoms with van der Waals surface area (Å²) in [6.07, 6.45) is 1.79. The van der Waals surface area contributed by atoms with Gasteiger partial charge in [-0.2, -0.15) is 0 Å². The second-order valence-electron chi connectivity index (χ2n) is 4.74. The van der Waals surface area contributed by atoms with E-state index in [-0.39, 0.29) is 6.61 Å². The molecule has 1 aromatic heterocycles. The smallest absolute Gasteiger partial charge is 0.0961 e. The van der Waals surface area contributed by atoms with Gasteiger partial charge in [0.15, 0.2) is 0 Å². The Morgan fingerprint density at radius 2 is 2.00 bits per heavy atom. The highest BCUT2D eigenvalue weighted by atomic mass is 79.9. The van der Waals surface area contributed by atoms with Crippen molar-refractivity contribution in [3.8, 4) is 0 Å². The molecule has 0 saturated heterocycles. The molecule has 0 fully saturated rings. The van der Waals surface area contributed by atoms with E-state index < -0.39 is 5.54 Å². The molecule has 21 heavy (non-hydrogen) atoms. The van der Waals surface area contributed by atoms with Crippen LogP contribution in [0.2, 0.25) is 0 Å². The fraction of sp³-hybridized carbons (Fsp3) is 0.312. The first-order chi connectivity index (χ1) is 10.2. The van der Waals surface area contributed by atoms with Gasteiger partial charge in [0, 0.05) is 16.4 Å². The molecule has 0 aliphatic heterocycles. The number of nitrogens with zero attached hydrogens (tertiary/aromatic N) is 1. The van der Waals surface area contributed by atoms with Crippen molar-refractivity contribution in [2.24, 2.45) is 0 Å². The maximum atomic E-state index is 9.98. The summed E-state index contributed by atoms with van der Waals surface area (Å²) >= 11 is 5.03. The molecule has 0 amide bonds. The molecular weight excluding hydrogens is 348 g/mol. The summed E-state index contributed by atoms with van der Waals surface area (Å²) in [5.41, 5.74) is 0.647. The van der Waals surface area contributed by atoms with E-state index in [1.54, 1.807) is 18.0 Å². The first-order valence-corrected chi connectivity index (χ1v) is 8.64. The zero-order valence-electron chi connectivity index (χ0n) is 11.9. The van der Waals surface area contributed by atoms with Crippen LogP contribution in [-0.4, -0.2) is 29.0 Å². The number of pyridine rings is 1.